The summed E-state index contributed by atoms with van der Waals surface area (Å²) in [6, 6.07) is 8.44. The number of hydrogen-bond acceptors (Lipinski definition) is 5. The number of halogens is 1. The van der Waals surface area contributed by atoms with Gasteiger partial charge in [-0.1, -0.05) is 35.8 Å². The molecule has 25 heavy (non-hydrogen) atoms. The van der Waals surface area contributed by atoms with E-state index in [4.69, 9.17) is 4.98 Å². The first-order valence-electron chi connectivity index (χ1n) is 8.75. The topological polar surface area (TPSA) is 61.3 Å². The molecule has 0 bridgehead atoms. The van der Waals surface area contributed by atoms with Crippen molar-refractivity contribution >= 4 is 27.6 Å². The molecule has 1 aliphatic heterocycles. The SMILES string of the molecule is CC(C)c1nc(N[C@H](C)CO)cc(N2CCc3cc(Br)ccc3C2)n1. The van der Waals surface area contributed by atoms with Crippen molar-refractivity contribution < 1.29 is 5.11 Å². The Balaban J connectivity index is 1.89. The highest BCUT2D eigenvalue weighted by Crippen LogP contribution is 2.28. The summed E-state index contributed by atoms with van der Waals surface area (Å²) in [5.41, 5.74) is 2.74. The molecule has 0 radical (unpaired) electrons. The van der Waals surface area contributed by atoms with Gasteiger partial charge in [-0.15, -0.1) is 0 Å². The molecule has 0 saturated carbocycles. The van der Waals surface area contributed by atoms with E-state index >= 15 is 0 Å². The van der Waals surface area contributed by atoms with E-state index in [1.165, 1.54) is 11.1 Å². The first kappa shape index (κ1) is 18.1. The van der Waals surface area contributed by atoms with E-state index in [-0.39, 0.29) is 18.6 Å². The molecular formula is C19H25BrN4O. The molecule has 0 spiro atoms. The highest BCUT2D eigenvalue weighted by molar-refractivity contribution is 9.10. The molecule has 2 N–H and O–H groups in total. The zero-order valence-corrected chi connectivity index (χ0v) is 16.5. The summed E-state index contributed by atoms with van der Waals surface area (Å²) in [7, 11) is 0. The Kier molecular flexibility index (Phi) is 5.59. The summed E-state index contributed by atoms with van der Waals surface area (Å²) < 4.78 is 1.13. The number of benzene rings is 1. The lowest BCUT2D eigenvalue weighted by Crippen LogP contribution is -2.31. The summed E-state index contributed by atoms with van der Waals surface area (Å²) in [5.74, 6) is 2.79. The average molecular weight is 405 g/mol. The van der Waals surface area contributed by atoms with Crippen LogP contribution in [-0.2, 0) is 13.0 Å². The van der Waals surface area contributed by atoms with E-state index < -0.39 is 0 Å². The van der Waals surface area contributed by atoms with Crippen molar-refractivity contribution in [1.82, 2.24) is 9.97 Å². The fourth-order valence-corrected chi connectivity index (χ4v) is 3.37. The molecule has 0 aliphatic carbocycles. The molecule has 3 rings (SSSR count). The standard InChI is InChI=1S/C19H25BrN4O/c1-12(2)19-22-17(21-13(3)11-25)9-18(23-19)24-7-6-14-8-16(20)5-4-15(14)10-24/h4-5,8-9,12-13,25H,6-7,10-11H2,1-3H3,(H,21,22,23)/t13-/m1/s1. The van der Waals surface area contributed by atoms with E-state index in [1.807, 2.05) is 13.0 Å². The van der Waals surface area contributed by atoms with E-state index in [2.05, 4.69) is 63.2 Å². The molecule has 5 nitrogen and oxygen atoms in total. The third-order valence-electron chi connectivity index (χ3n) is 4.42. The molecule has 2 aromatic rings. The number of aromatic nitrogens is 2. The van der Waals surface area contributed by atoms with Gasteiger partial charge in [0.2, 0.25) is 0 Å². The monoisotopic (exact) mass is 404 g/mol. The summed E-state index contributed by atoms with van der Waals surface area (Å²) in [6.45, 7) is 8.00. The van der Waals surface area contributed by atoms with Crippen molar-refractivity contribution in [1.29, 1.82) is 0 Å². The van der Waals surface area contributed by atoms with E-state index in [1.54, 1.807) is 0 Å². The van der Waals surface area contributed by atoms with Crippen molar-refractivity contribution in [2.45, 2.75) is 45.7 Å². The van der Waals surface area contributed by atoms with Crippen LogP contribution in [0.15, 0.2) is 28.7 Å². The fraction of sp³-hybridized carbons (Fsp3) is 0.474. The lowest BCUT2D eigenvalue weighted by Gasteiger charge is -2.30. The van der Waals surface area contributed by atoms with Gasteiger partial charge in [0.05, 0.1) is 6.61 Å². The van der Waals surface area contributed by atoms with Crippen molar-refractivity contribution in [3.05, 3.63) is 45.7 Å². The Morgan fingerprint density at radius 3 is 2.72 bits per heavy atom. The maximum atomic E-state index is 9.30. The van der Waals surface area contributed by atoms with Crippen molar-refractivity contribution in [3.63, 3.8) is 0 Å². The van der Waals surface area contributed by atoms with Gasteiger partial charge in [0.25, 0.3) is 0 Å². The molecule has 1 aromatic carbocycles. The molecule has 2 heterocycles. The van der Waals surface area contributed by atoms with Gasteiger partial charge in [-0.3, -0.25) is 0 Å². The van der Waals surface area contributed by atoms with Gasteiger partial charge in [-0.05, 0) is 36.6 Å². The normalized spacial score (nSPS) is 15.2. The zero-order valence-electron chi connectivity index (χ0n) is 15.0. The molecule has 1 aromatic heterocycles. The summed E-state index contributed by atoms with van der Waals surface area (Å²) in [5, 5.41) is 12.6. The largest absolute Gasteiger partial charge is 0.394 e. The third kappa shape index (κ3) is 4.30. The van der Waals surface area contributed by atoms with Crippen LogP contribution >= 0.6 is 15.9 Å². The number of aliphatic hydroxyl groups excluding tert-OH is 1. The second-order valence-electron chi connectivity index (χ2n) is 6.94. The quantitative estimate of drug-likeness (QED) is 0.794. The van der Waals surface area contributed by atoms with E-state index in [0.717, 1.165) is 41.4 Å². The zero-order chi connectivity index (χ0) is 18.0. The van der Waals surface area contributed by atoms with Crippen LogP contribution in [0.2, 0.25) is 0 Å². The van der Waals surface area contributed by atoms with E-state index in [9.17, 15) is 5.11 Å². The van der Waals surface area contributed by atoms with Crippen LogP contribution in [0.3, 0.4) is 0 Å². The lowest BCUT2D eigenvalue weighted by atomic mass is 10.00. The molecule has 1 aliphatic rings. The van der Waals surface area contributed by atoms with Crippen LogP contribution in [-0.4, -0.2) is 34.3 Å². The fourth-order valence-electron chi connectivity index (χ4n) is 2.96. The van der Waals surface area contributed by atoms with Crippen LogP contribution in [0.4, 0.5) is 11.6 Å². The van der Waals surface area contributed by atoms with Crippen molar-refractivity contribution in [2.75, 3.05) is 23.4 Å². The molecule has 0 fully saturated rings. The van der Waals surface area contributed by atoms with Gasteiger partial charge in [0.15, 0.2) is 0 Å². The van der Waals surface area contributed by atoms with Gasteiger partial charge < -0.3 is 15.3 Å². The Hall–Kier alpha value is -1.66. The Morgan fingerprint density at radius 1 is 1.20 bits per heavy atom. The predicted molar refractivity (Wildman–Crippen MR) is 105 cm³/mol. The summed E-state index contributed by atoms with van der Waals surface area (Å²) in [4.78, 5) is 11.7. The number of anilines is 2. The van der Waals surface area contributed by atoms with Crippen LogP contribution in [0, 0.1) is 0 Å². The minimum atomic E-state index is -0.0396. The second-order valence-corrected chi connectivity index (χ2v) is 7.85. The molecule has 134 valence electrons. The first-order valence-corrected chi connectivity index (χ1v) is 9.54. The molecule has 1 atom stereocenters. The highest BCUT2D eigenvalue weighted by atomic mass is 79.9. The van der Waals surface area contributed by atoms with Crippen LogP contribution in [0.5, 0.6) is 0 Å². The number of aliphatic hydroxyl groups is 1. The van der Waals surface area contributed by atoms with Crippen LogP contribution < -0.4 is 10.2 Å². The minimum absolute atomic E-state index is 0.0396. The lowest BCUT2D eigenvalue weighted by molar-refractivity contribution is 0.281. The number of fused-ring (bicyclic) bond motifs is 1. The van der Waals surface area contributed by atoms with Crippen LogP contribution in [0.25, 0.3) is 0 Å². The number of rotatable bonds is 5. The Morgan fingerprint density at radius 2 is 2.00 bits per heavy atom. The Bertz CT molecular complexity index is 750. The second kappa shape index (κ2) is 7.70. The van der Waals surface area contributed by atoms with Gasteiger partial charge in [-0.25, -0.2) is 9.97 Å². The summed E-state index contributed by atoms with van der Waals surface area (Å²) >= 11 is 3.55. The molecular weight excluding hydrogens is 380 g/mol. The molecule has 0 saturated heterocycles. The smallest absolute Gasteiger partial charge is 0.135 e. The first-order chi connectivity index (χ1) is 12.0. The van der Waals surface area contributed by atoms with Crippen LogP contribution in [0.1, 0.15) is 43.6 Å². The average Bonchev–Trinajstić information content (AvgIpc) is 2.60. The molecule has 6 heteroatoms. The Labute approximate surface area is 157 Å². The number of nitrogens with zero attached hydrogens (tertiary/aromatic N) is 3. The third-order valence-corrected chi connectivity index (χ3v) is 4.91. The predicted octanol–water partition coefficient (Wildman–Crippen LogP) is 3.72. The number of hydrogen-bond donors (Lipinski definition) is 2. The maximum Gasteiger partial charge on any atom is 0.135 e. The minimum Gasteiger partial charge on any atom is -0.394 e. The van der Waals surface area contributed by atoms with Gasteiger partial charge >= 0.3 is 0 Å². The van der Waals surface area contributed by atoms with Gasteiger partial charge in [-0.2, -0.15) is 0 Å². The van der Waals surface area contributed by atoms with E-state index in [0.29, 0.717) is 0 Å². The maximum absolute atomic E-state index is 9.30. The molecule has 0 unspecified atom stereocenters. The highest BCUT2D eigenvalue weighted by Gasteiger charge is 2.20. The van der Waals surface area contributed by atoms with Gasteiger partial charge in [0, 0.05) is 35.6 Å². The summed E-state index contributed by atoms with van der Waals surface area (Å²) in [6.07, 6.45) is 1.01. The molecule has 0 amide bonds. The van der Waals surface area contributed by atoms with Crippen molar-refractivity contribution in [3.8, 4) is 0 Å². The van der Waals surface area contributed by atoms with Crippen molar-refractivity contribution in [2.24, 2.45) is 0 Å². The number of nitrogens with one attached hydrogen (secondary N) is 1. The van der Waals surface area contributed by atoms with Gasteiger partial charge in [0.1, 0.15) is 17.5 Å².